The molecule has 6 nitrogen and oxygen atoms in total. The van der Waals surface area contributed by atoms with Gasteiger partial charge < -0.3 is 0 Å². The van der Waals surface area contributed by atoms with Crippen molar-refractivity contribution in [1.29, 1.82) is 0 Å². The van der Waals surface area contributed by atoms with Gasteiger partial charge in [0.15, 0.2) is 5.65 Å². The van der Waals surface area contributed by atoms with Gasteiger partial charge in [-0.3, -0.25) is 0 Å². The largest absolute Gasteiger partial charge is 0.333 e. The van der Waals surface area contributed by atoms with Gasteiger partial charge in [-0.2, -0.15) is 13.9 Å². The van der Waals surface area contributed by atoms with E-state index in [4.69, 9.17) is 0 Å². The molecule has 4 aromatic heterocycles. The first-order chi connectivity index (χ1) is 13.9. The van der Waals surface area contributed by atoms with Gasteiger partial charge in [-0.25, -0.2) is 19.2 Å². The standard InChI is InChI=1S/C20H22F2N6S/c1-4-20(2,3)11-5-6-12-14(9-11)29-18-15(12)17-24-16(26-28(17)10-23-18)13-7-8-27(25-13)19(21)22/h7-8,10-11,19H,4-6,9H2,1-3H3/t11-/m1/s1. The summed E-state index contributed by atoms with van der Waals surface area (Å²) in [5.74, 6) is 0.996. The molecule has 0 spiro atoms. The Morgan fingerprint density at radius 1 is 1.31 bits per heavy atom. The number of rotatable bonds is 4. The molecule has 0 radical (unpaired) electrons. The minimum absolute atomic E-state index is 0.322. The number of halogens is 2. The summed E-state index contributed by atoms with van der Waals surface area (Å²) >= 11 is 1.75. The fourth-order valence-corrected chi connectivity index (χ4v) is 5.47. The highest BCUT2D eigenvalue weighted by Crippen LogP contribution is 2.45. The van der Waals surface area contributed by atoms with Gasteiger partial charge in [0.2, 0.25) is 5.82 Å². The zero-order chi connectivity index (χ0) is 20.3. The van der Waals surface area contributed by atoms with Gasteiger partial charge in [0.1, 0.15) is 16.9 Å². The van der Waals surface area contributed by atoms with E-state index in [1.165, 1.54) is 29.1 Å². The summed E-state index contributed by atoms with van der Waals surface area (Å²) in [5.41, 5.74) is 2.70. The van der Waals surface area contributed by atoms with Crippen molar-refractivity contribution < 1.29 is 8.78 Å². The number of hydrogen-bond acceptors (Lipinski definition) is 5. The second-order valence-corrected chi connectivity index (χ2v) is 9.46. The van der Waals surface area contributed by atoms with Crippen LogP contribution in [0.1, 0.15) is 50.6 Å². The number of thiophene rings is 1. The molecule has 4 aromatic rings. The summed E-state index contributed by atoms with van der Waals surface area (Å²) in [6.45, 7) is 4.29. The van der Waals surface area contributed by atoms with Gasteiger partial charge in [0.25, 0.3) is 0 Å². The Balaban J connectivity index is 1.60. The van der Waals surface area contributed by atoms with Gasteiger partial charge in [0.05, 0.1) is 5.39 Å². The summed E-state index contributed by atoms with van der Waals surface area (Å²) in [7, 11) is 0. The fraction of sp³-hybridized carbons (Fsp3) is 0.500. The van der Waals surface area contributed by atoms with E-state index in [1.54, 1.807) is 22.2 Å². The van der Waals surface area contributed by atoms with Crippen LogP contribution in [-0.4, -0.2) is 29.4 Å². The monoisotopic (exact) mass is 416 g/mol. The molecule has 0 aromatic carbocycles. The summed E-state index contributed by atoms with van der Waals surface area (Å²) in [5, 5.41) is 9.36. The number of aryl methyl sites for hydroxylation is 1. The first-order valence-electron chi connectivity index (χ1n) is 9.86. The maximum absolute atomic E-state index is 12.8. The topological polar surface area (TPSA) is 60.9 Å². The van der Waals surface area contributed by atoms with E-state index in [-0.39, 0.29) is 0 Å². The molecule has 0 N–H and O–H groups in total. The lowest BCUT2D eigenvalue weighted by molar-refractivity contribution is 0.0568. The van der Waals surface area contributed by atoms with Crippen molar-refractivity contribution in [2.24, 2.45) is 11.3 Å². The van der Waals surface area contributed by atoms with Crippen LogP contribution in [0.25, 0.3) is 27.4 Å². The van der Waals surface area contributed by atoms with Crippen molar-refractivity contribution >= 4 is 27.2 Å². The highest BCUT2D eigenvalue weighted by molar-refractivity contribution is 7.19. The van der Waals surface area contributed by atoms with E-state index in [1.807, 2.05) is 0 Å². The molecular formula is C20H22F2N6S. The van der Waals surface area contributed by atoms with Gasteiger partial charge >= 0.3 is 6.55 Å². The van der Waals surface area contributed by atoms with Crippen LogP contribution >= 0.6 is 11.3 Å². The summed E-state index contributed by atoms with van der Waals surface area (Å²) in [4.78, 5) is 11.6. The van der Waals surface area contributed by atoms with Crippen LogP contribution in [0.4, 0.5) is 8.78 Å². The summed E-state index contributed by atoms with van der Waals surface area (Å²) in [6.07, 6.45) is 7.28. The van der Waals surface area contributed by atoms with Crippen molar-refractivity contribution in [3.63, 3.8) is 0 Å². The quantitative estimate of drug-likeness (QED) is 0.462. The third-order valence-corrected chi connectivity index (χ3v) is 7.60. The Bertz CT molecular complexity index is 1200. The number of aromatic nitrogens is 6. The molecular weight excluding hydrogens is 394 g/mol. The molecule has 0 aliphatic heterocycles. The van der Waals surface area contributed by atoms with Gasteiger partial charge in [-0.05, 0) is 42.2 Å². The normalized spacial score (nSPS) is 17.5. The molecule has 0 unspecified atom stereocenters. The van der Waals surface area contributed by atoms with E-state index >= 15 is 0 Å². The average Bonchev–Trinajstić information content (AvgIpc) is 3.41. The van der Waals surface area contributed by atoms with E-state index in [2.05, 4.69) is 40.9 Å². The maximum Gasteiger partial charge on any atom is 0.333 e. The second kappa shape index (κ2) is 6.55. The zero-order valence-electron chi connectivity index (χ0n) is 16.6. The van der Waals surface area contributed by atoms with Crippen molar-refractivity contribution in [3.05, 3.63) is 29.0 Å². The molecule has 5 rings (SSSR count). The van der Waals surface area contributed by atoms with Crippen molar-refractivity contribution in [1.82, 2.24) is 29.4 Å². The van der Waals surface area contributed by atoms with Crippen molar-refractivity contribution in [2.45, 2.75) is 53.0 Å². The lowest BCUT2D eigenvalue weighted by Gasteiger charge is -2.36. The fourth-order valence-electron chi connectivity index (χ4n) is 4.20. The van der Waals surface area contributed by atoms with E-state index in [0.717, 1.165) is 35.1 Å². The van der Waals surface area contributed by atoms with Gasteiger partial charge in [-0.15, -0.1) is 16.4 Å². The Labute approximate surface area is 170 Å². The summed E-state index contributed by atoms with van der Waals surface area (Å²) in [6, 6.07) is 1.51. The Morgan fingerprint density at radius 3 is 2.86 bits per heavy atom. The average molecular weight is 417 g/mol. The minimum atomic E-state index is -2.68. The third kappa shape index (κ3) is 2.94. The number of alkyl halides is 2. The molecule has 1 aliphatic carbocycles. The van der Waals surface area contributed by atoms with Crippen LogP contribution in [0.2, 0.25) is 0 Å². The highest BCUT2D eigenvalue weighted by atomic mass is 32.1. The van der Waals surface area contributed by atoms with E-state index < -0.39 is 6.55 Å². The predicted molar refractivity (Wildman–Crippen MR) is 108 cm³/mol. The summed E-state index contributed by atoms with van der Waals surface area (Å²) < 4.78 is 27.9. The Morgan fingerprint density at radius 2 is 2.14 bits per heavy atom. The highest BCUT2D eigenvalue weighted by Gasteiger charge is 2.33. The smallest absolute Gasteiger partial charge is 0.225 e. The van der Waals surface area contributed by atoms with Crippen LogP contribution in [0.15, 0.2) is 18.6 Å². The predicted octanol–water partition coefficient (Wildman–Crippen LogP) is 5.14. The van der Waals surface area contributed by atoms with Gasteiger partial charge in [0, 0.05) is 11.1 Å². The molecule has 1 atom stereocenters. The number of nitrogens with zero attached hydrogens (tertiary/aromatic N) is 6. The number of fused-ring (bicyclic) bond motifs is 5. The molecule has 0 amide bonds. The molecule has 1 aliphatic rings. The Hall–Kier alpha value is -2.42. The van der Waals surface area contributed by atoms with Crippen molar-refractivity contribution in [3.8, 4) is 11.5 Å². The Kier molecular flexibility index (Phi) is 4.20. The molecule has 0 fully saturated rings. The molecule has 29 heavy (non-hydrogen) atoms. The van der Waals surface area contributed by atoms with Crippen LogP contribution in [0, 0.1) is 11.3 Å². The SMILES string of the molecule is CCC(C)(C)[C@@H]1CCc2c(sc3ncn4nc(-c5ccn(C(F)F)n5)nc4c23)C1. The lowest BCUT2D eigenvalue weighted by Crippen LogP contribution is -2.28. The third-order valence-electron chi connectivity index (χ3n) is 6.44. The number of hydrogen-bond donors (Lipinski definition) is 0. The first kappa shape index (κ1) is 18.6. The first-order valence-corrected chi connectivity index (χ1v) is 10.7. The second-order valence-electron chi connectivity index (χ2n) is 8.37. The minimum Gasteiger partial charge on any atom is -0.225 e. The van der Waals surface area contributed by atoms with Crippen molar-refractivity contribution in [2.75, 3.05) is 0 Å². The molecule has 0 bridgehead atoms. The maximum atomic E-state index is 12.8. The van der Waals surface area contributed by atoms with Crippen LogP contribution in [0.3, 0.4) is 0 Å². The van der Waals surface area contributed by atoms with Gasteiger partial charge in [-0.1, -0.05) is 27.2 Å². The van der Waals surface area contributed by atoms with Crippen LogP contribution < -0.4 is 0 Å². The molecule has 0 saturated carbocycles. The van der Waals surface area contributed by atoms with E-state index in [9.17, 15) is 8.78 Å². The molecule has 4 heterocycles. The zero-order valence-corrected chi connectivity index (χ0v) is 17.4. The van der Waals surface area contributed by atoms with Crippen LogP contribution in [0.5, 0.6) is 0 Å². The van der Waals surface area contributed by atoms with Crippen LogP contribution in [-0.2, 0) is 12.8 Å². The van der Waals surface area contributed by atoms with E-state index in [0.29, 0.717) is 27.5 Å². The molecule has 9 heteroatoms. The molecule has 0 saturated heterocycles. The molecule has 152 valence electrons. The lowest BCUT2D eigenvalue weighted by atomic mass is 9.70.